The molecule has 92 valence electrons. The maximum absolute atomic E-state index is 11.7. The predicted molar refractivity (Wildman–Crippen MR) is 69.1 cm³/mol. The summed E-state index contributed by atoms with van der Waals surface area (Å²) in [6.45, 7) is 0.355. The maximum atomic E-state index is 11.7. The molecule has 1 aromatic carbocycles. The van der Waals surface area contributed by atoms with Crippen LogP contribution in [-0.2, 0) is 6.54 Å². The number of hydrogen-bond donors (Lipinski definition) is 3. The van der Waals surface area contributed by atoms with Crippen molar-refractivity contribution in [2.24, 2.45) is 0 Å². The van der Waals surface area contributed by atoms with Crippen LogP contribution in [0, 0.1) is 0 Å². The summed E-state index contributed by atoms with van der Waals surface area (Å²) in [5, 5.41) is 2.68. The Morgan fingerprint density at radius 3 is 2.61 bits per heavy atom. The van der Waals surface area contributed by atoms with E-state index in [0.29, 0.717) is 12.2 Å². The molecule has 1 amide bonds. The van der Waals surface area contributed by atoms with Crippen molar-refractivity contribution in [3.8, 4) is 0 Å². The van der Waals surface area contributed by atoms with Crippen LogP contribution in [0.5, 0.6) is 0 Å². The summed E-state index contributed by atoms with van der Waals surface area (Å²) in [4.78, 5) is 25.9. The predicted octanol–water partition coefficient (Wildman–Crippen LogP) is 0.887. The van der Waals surface area contributed by atoms with E-state index in [-0.39, 0.29) is 11.0 Å². The molecule has 0 aliphatic rings. The van der Waals surface area contributed by atoms with Gasteiger partial charge in [0.15, 0.2) is 5.43 Å². The number of aromatic nitrogens is 1. The molecule has 5 nitrogen and oxygen atoms in total. The van der Waals surface area contributed by atoms with E-state index >= 15 is 0 Å². The summed E-state index contributed by atoms with van der Waals surface area (Å²) in [5.74, 6) is -0.395. The Kier molecular flexibility index (Phi) is 3.43. The maximum Gasteiger partial charge on any atom is 0.257 e. The number of benzene rings is 1. The smallest absolute Gasteiger partial charge is 0.257 e. The SMILES string of the molecule is Nc1ccc(CNC(=O)c2c[nH]ccc2=O)cc1. The highest BCUT2D eigenvalue weighted by atomic mass is 16.2. The third kappa shape index (κ3) is 2.76. The van der Waals surface area contributed by atoms with E-state index in [0.717, 1.165) is 5.56 Å². The van der Waals surface area contributed by atoms with Crippen LogP contribution in [0.2, 0.25) is 0 Å². The number of hydrogen-bond acceptors (Lipinski definition) is 3. The molecule has 0 fully saturated rings. The summed E-state index contributed by atoms with van der Waals surface area (Å²) >= 11 is 0. The number of aromatic amines is 1. The lowest BCUT2D eigenvalue weighted by atomic mass is 10.2. The molecule has 0 bridgehead atoms. The van der Waals surface area contributed by atoms with E-state index in [2.05, 4.69) is 10.3 Å². The second-order valence-corrected chi connectivity index (χ2v) is 3.85. The van der Waals surface area contributed by atoms with E-state index in [1.165, 1.54) is 18.5 Å². The first-order valence-electron chi connectivity index (χ1n) is 5.46. The number of pyridine rings is 1. The Labute approximate surface area is 104 Å². The number of carbonyl (C=O) groups excluding carboxylic acids is 1. The summed E-state index contributed by atoms with van der Waals surface area (Å²) in [5.41, 5.74) is 6.96. The zero-order chi connectivity index (χ0) is 13.0. The average Bonchev–Trinajstić information content (AvgIpc) is 2.38. The van der Waals surface area contributed by atoms with Gasteiger partial charge in [-0.25, -0.2) is 0 Å². The van der Waals surface area contributed by atoms with E-state index in [9.17, 15) is 9.59 Å². The molecule has 0 aliphatic carbocycles. The second-order valence-electron chi connectivity index (χ2n) is 3.85. The van der Waals surface area contributed by atoms with Gasteiger partial charge in [-0.3, -0.25) is 9.59 Å². The first-order valence-corrected chi connectivity index (χ1v) is 5.46. The number of nitrogen functional groups attached to an aromatic ring is 1. The minimum atomic E-state index is -0.395. The number of rotatable bonds is 3. The van der Waals surface area contributed by atoms with Crippen molar-refractivity contribution in [3.05, 3.63) is 64.1 Å². The normalized spacial score (nSPS) is 10.0. The van der Waals surface area contributed by atoms with E-state index < -0.39 is 5.91 Å². The first kappa shape index (κ1) is 11.9. The Bertz CT molecular complexity index is 602. The lowest BCUT2D eigenvalue weighted by Gasteiger charge is -2.05. The highest BCUT2D eigenvalue weighted by Crippen LogP contribution is 2.05. The standard InChI is InChI=1S/C13H13N3O2/c14-10-3-1-9(2-4-10)7-16-13(18)11-8-15-6-5-12(11)17/h1-6,8H,7,14H2,(H,15,17)(H,16,18). The minimum Gasteiger partial charge on any atom is -0.399 e. The van der Waals surface area contributed by atoms with Crippen molar-refractivity contribution >= 4 is 11.6 Å². The second kappa shape index (κ2) is 5.18. The highest BCUT2D eigenvalue weighted by molar-refractivity contribution is 5.93. The fourth-order valence-electron chi connectivity index (χ4n) is 1.51. The average molecular weight is 243 g/mol. The van der Waals surface area contributed by atoms with Crippen molar-refractivity contribution in [1.82, 2.24) is 10.3 Å². The number of H-pyrrole nitrogens is 1. The van der Waals surface area contributed by atoms with E-state index in [4.69, 9.17) is 5.73 Å². The zero-order valence-electron chi connectivity index (χ0n) is 9.64. The van der Waals surface area contributed by atoms with Gasteiger partial charge in [0.2, 0.25) is 0 Å². The van der Waals surface area contributed by atoms with Gasteiger partial charge in [-0.15, -0.1) is 0 Å². The Morgan fingerprint density at radius 1 is 1.22 bits per heavy atom. The van der Waals surface area contributed by atoms with Gasteiger partial charge in [0, 0.05) is 30.7 Å². The molecular formula is C13H13N3O2. The molecule has 2 aromatic rings. The first-order chi connectivity index (χ1) is 8.66. The fourth-order valence-corrected chi connectivity index (χ4v) is 1.51. The van der Waals surface area contributed by atoms with Crippen LogP contribution in [0.4, 0.5) is 5.69 Å². The monoisotopic (exact) mass is 243 g/mol. The number of nitrogens with one attached hydrogen (secondary N) is 2. The number of amides is 1. The molecule has 18 heavy (non-hydrogen) atoms. The van der Waals surface area contributed by atoms with Crippen LogP contribution in [-0.4, -0.2) is 10.9 Å². The molecule has 0 saturated carbocycles. The van der Waals surface area contributed by atoms with Crippen LogP contribution in [0.25, 0.3) is 0 Å². The van der Waals surface area contributed by atoms with Crippen molar-refractivity contribution in [3.63, 3.8) is 0 Å². The topological polar surface area (TPSA) is 88.0 Å². The van der Waals surface area contributed by atoms with Crippen LogP contribution in [0.15, 0.2) is 47.5 Å². The molecule has 2 rings (SSSR count). The van der Waals surface area contributed by atoms with Gasteiger partial charge in [-0.1, -0.05) is 12.1 Å². The molecule has 0 unspecified atom stereocenters. The van der Waals surface area contributed by atoms with Gasteiger partial charge in [0.25, 0.3) is 5.91 Å². The van der Waals surface area contributed by atoms with Crippen LogP contribution in [0.1, 0.15) is 15.9 Å². The summed E-state index contributed by atoms with van der Waals surface area (Å²) in [6, 6.07) is 8.49. The third-order valence-corrected chi connectivity index (χ3v) is 2.50. The van der Waals surface area contributed by atoms with Gasteiger partial charge in [-0.05, 0) is 17.7 Å². The molecule has 5 heteroatoms. The molecule has 0 radical (unpaired) electrons. The molecular weight excluding hydrogens is 230 g/mol. The zero-order valence-corrected chi connectivity index (χ0v) is 9.64. The number of anilines is 1. The molecule has 1 aromatic heterocycles. The minimum absolute atomic E-state index is 0.105. The van der Waals surface area contributed by atoms with Gasteiger partial charge in [0.05, 0.1) is 0 Å². The number of carbonyl (C=O) groups is 1. The summed E-state index contributed by atoms with van der Waals surface area (Å²) in [7, 11) is 0. The fraction of sp³-hybridized carbons (Fsp3) is 0.0769. The molecule has 0 aliphatic heterocycles. The lowest BCUT2D eigenvalue weighted by molar-refractivity contribution is 0.0949. The molecule has 4 N–H and O–H groups in total. The van der Waals surface area contributed by atoms with Crippen molar-refractivity contribution in [2.45, 2.75) is 6.54 Å². The quantitative estimate of drug-likeness (QED) is 0.699. The van der Waals surface area contributed by atoms with Crippen LogP contribution in [0.3, 0.4) is 0 Å². The largest absolute Gasteiger partial charge is 0.399 e. The molecule has 1 heterocycles. The number of nitrogens with two attached hydrogens (primary N) is 1. The van der Waals surface area contributed by atoms with Gasteiger partial charge >= 0.3 is 0 Å². The Morgan fingerprint density at radius 2 is 1.94 bits per heavy atom. The summed E-state index contributed by atoms with van der Waals surface area (Å²) < 4.78 is 0. The van der Waals surface area contributed by atoms with E-state index in [1.54, 1.807) is 12.1 Å². The van der Waals surface area contributed by atoms with Crippen molar-refractivity contribution in [2.75, 3.05) is 5.73 Å². The van der Waals surface area contributed by atoms with E-state index in [1.807, 2.05) is 12.1 Å². The Hall–Kier alpha value is -2.56. The Balaban J connectivity index is 2.03. The van der Waals surface area contributed by atoms with Crippen molar-refractivity contribution in [1.29, 1.82) is 0 Å². The molecule has 0 saturated heterocycles. The van der Waals surface area contributed by atoms with Crippen molar-refractivity contribution < 1.29 is 4.79 Å². The molecule has 0 spiro atoms. The summed E-state index contributed by atoms with van der Waals surface area (Å²) in [6.07, 6.45) is 2.87. The van der Waals surface area contributed by atoms with Gasteiger partial charge < -0.3 is 16.0 Å². The van der Waals surface area contributed by atoms with Crippen LogP contribution >= 0.6 is 0 Å². The highest BCUT2D eigenvalue weighted by Gasteiger charge is 2.08. The van der Waals surface area contributed by atoms with Gasteiger partial charge in [-0.2, -0.15) is 0 Å². The lowest BCUT2D eigenvalue weighted by Crippen LogP contribution is -2.27. The molecule has 0 atom stereocenters. The van der Waals surface area contributed by atoms with Gasteiger partial charge in [0.1, 0.15) is 5.56 Å². The van der Waals surface area contributed by atoms with Crippen LogP contribution < -0.4 is 16.5 Å². The third-order valence-electron chi connectivity index (χ3n) is 2.50.